The van der Waals surface area contributed by atoms with Crippen molar-refractivity contribution in [2.45, 2.75) is 106 Å². The van der Waals surface area contributed by atoms with Gasteiger partial charge in [-0.1, -0.05) is 47.1 Å². The molecule has 0 saturated heterocycles. The zero-order chi connectivity index (χ0) is 25.1. The zero-order valence-electron chi connectivity index (χ0n) is 22.4. The van der Waals surface area contributed by atoms with Gasteiger partial charge in [0.1, 0.15) is 0 Å². The highest BCUT2D eigenvalue weighted by Crippen LogP contribution is 2.75. The summed E-state index contributed by atoms with van der Waals surface area (Å²) in [6.07, 6.45) is 8.89. The molecule has 4 saturated carbocycles. The maximum atomic E-state index is 14.2. The summed E-state index contributed by atoms with van der Waals surface area (Å²) in [5, 5.41) is 21.1. The summed E-state index contributed by atoms with van der Waals surface area (Å²) in [5.41, 5.74) is -0.124. The Labute approximate surface area is 206 Å². The third-order valence-electron chi connectivity index (χ3n) is 13.2. The van der Waals surface area contributed by atoms with Gasteiger partial charge in [-0.15, -0.1) is 0 Å². The molecule has 11 atom stereocenters. The number of ketones is 1. The number of hydrogen-bond acceptors (Lipinski definition) is 3. The summed E-state index contributed by atoms with van der Waals surface area (Å²) < 4.78 is 0. The molecule has 0 radical (unpaired) electrons. The van der Waals surface area contributed by atoms with Crippen LogP contribution in [0.5, 0.6) is 0 Å². The number of fused-ring (bicyclic) bond motifs is 7. The first-order valence-corrected chi connectivity index (χ1v) is 13.8. The van der Waals surface area contributed by atoms with Crippen molar-refractivity contribution in [1.29, 1.82) is 0 Å². The van der Waals surface area contributed by atoms with E-state index in [1.165, 1.54) is 24.8 Å². The predicted molar refractivity (Wildman–Crippen MR) is 133 cm³/mol. The molecule has 0 amide bonds. The molecular formula is C30H46O4. The maximum absolute atomic E-state index is 14.2. The van der Waals surface area contributed by atoms with E-state index in [2.05, 4.69) is 47.6 Å². The van der Waals surface area contributed by atoms with Crippen LogP contribution in [-0.2, 0) is 9.59 Å². The Kier molecular flexibility index (Phi) is 5.20. The minimum Gasteiger partial charge on any atom is -0.481 e. The molecule has 5 rings (SSSR count). The molecule has 0 aromatic rings. The van der Waals surface area contributed by atoms with E-state index in [0.29, 0.717) is 24.2 Å². The molecule has 0 aliphatic heterocycles. The summed E-state index contributed by atoms with van der Waals surface area (Å²) in [6, 6.07) is 0. The fourth-order valence-electron chi connectivity index (χ4n) is 10.7. The molecular weight excluding hydrogens is 424 g/mol. The second-order valence-electron chi connectivity index (χ2n) is 14.4. The average Bonchev–Trinajstić information content (AvgIpc) is 2.75. The van der Waals surface area contributed by atoms with Gasteiger partial charge in [-0.25, -0.2) is 0 Å². The van der Waals surface area contributed by atoms with Crippen LogP contribution in [0.15, 0.2) is 11.6 Å². The van der Waals surface area contributed by atoms with Gasteiger partial charge in [-0.05, 0) is 110 Å². The van der Waals surface area contributed by atoms with Crippen molar-refractivity contribution >= 4 is 11.8 Å². The number of hydrogen-bond donors (Lipinski definition) is 2. The van der Waals surface area contributed by atoms with Gasteiger partial charge < -0.3 is 10.2 Å². The summed E-state index contributed by atoms with van der Waals surface area (Å²) in [7, 11) is 0. The van der Waals surface area contributed by atoms with E-state index in [0.717, 1.165) is 25.7 Å². The van der Waals surface area contributed by atoms with Crippen LogP contribution in [-0.4, -0.2) is 28.1 Å². The van der Waals surface area contributed by atoms with Gasteiger partial charge in [0.2, 0.25) is 0 Å². The zero-order valence-corrected chi connectivity index (χ0v) is 22.4. The molecule has 0 bridgehead atoms. The topological polar surface area (TPSA) is 74.6 Å². The first-order valence-electron chi connectivity index (χ1n) is 13.8. The average molecular weight is 471 g/mol. The predicted octanol–water partition coefficient (Wildman–Crippen LogP) is 6.27. The first kappa shape index (κ1) is 24.5. The van der Waals surface area contributed by atoms with Crippen molar-refractivity contribution in [3.63, 3.8) is 0 Å². The van der Waals surface area contributed by atoms with E-state index in [1.54, 1.807) is 6.92 Å². The van der Waals surface area contributed by atoms with Crippen LogP contribution in [0.4, 0.5) is 0 Å². The van der Waals surface area contributed by atoms with Crippen LogP contribution in [0, 0.1) is 56.7 Å². The lowest BCUT2D eigenvalue weighted by Crippen LogP contribution is -2.68. The number of carboxylic acid groups (broad SMARTS) is 1. The van der Waals surface area contributed by atoms with Crippen LogP contribution in [0.3, 0.4) is 0 Å². The van der Waals surface area contributed by atoms with Gasteiger partial charge in [0.25, 0.3) is 0 Å². The highest BCUT2D eigenvalue weighted by Gasteiger charge is 2.71. The Morgan fingerprint density at radius 1 is 0.941 bits per heavy atom. The number of aliphatic hydroxyl groups excluding tert-OH is 1. The molecule has 0 aromatic carbocycles. The van der Waals surface area contributed by atoms with Gasteiger partial charge in [0.05, 0.1) is 11.5 Å². The summed E-state index contributed by atoms with van der Waals surface area (Å²) >= 11 is 0. The normalized spacial score (nSPS) is 56.9. The Morgan fingerprint density at radius 3 is 2.26 bits per heavy atom. The number of aliphatic hydroxyl groups is 1. The quantitative estimate of drug-likeness (QED) is 0.474. The number of carbonyl (C=O) groups excluding carboxylic acids is 1. The third-order valence-corrected chi connectivity index (χ3v) is 13.2. The molecule has 4 heteroatoms. The van der Waals surface area contributed by atoms with Crippen molar-refractivity contribution in [2.75, 3.05) is 0 Å². The van der Waals surface area contributed by atoms with Crippen LogP contribution in [0.2, 0.25) is 0 Å². The van der Waals surface area contributed by atoms with E-state index in [4.69, 9.17) is 0 Å². The van der Waals surface area contributed by atoms with Crippen LogP contribution in [0.25, 0.3) is 0 Å². The Bertz CT molecular complexity index is 953. The van der Waals surface area contributed by atoms with Gasteiger partial charge >= 0.3 is 5.97 Å². The molecule has 190 valence electrons. The molecule has 4 fully saturated rings. The Morgan fingerprint density at radius 2 is 1.62 bits per heavy atom. The molecule has 0 heterocycles. The second-order valence-corrected chi connectivity index (χ2v) is 14.4. The molecule has 0 aromatic heterocycles. The number of carboxylic acids is 1. The van der Waals surface area contributed by atoms with Crippen molar-refractivity contribution in [1.82, 2.24) is 0 Å². The monoisotopic (exact) mass is 470 g/mol. The third kappa shape index (κ3) is 2.70. The van der Waals surface area contributed by atoms with Gasteiger partial charge in [0.15, 0.2) is 5.78 Å². The number of allylic oxidation sites excluding steroid dienone is 2. The minimum atomic E-state index is -1.20. The van der Waals surface area contributed by atoms with E-state index >= 15 is 0 Å². The van der Waals surface area contributed by atoms with Crippen LogP contribution in [0.1, 0.15) is 99.8 Å². The smallest absolute Gasteiger partial charge is 0.312 e. The summed E-state index contributed by atoms with van der Waals surface area (Å²) in [5.74, 6) is 0.656. The largest absolute Gasteiger partial charge is 0.481 e. The molecule has 4 nitrogen and oxygen atoms in total. The molecule has 1 unspecified atom stereocenters. The van der Waals surface area contributed by atoms with Gasteiger partial charge in [0, 0.05) is 5.92 Å². The first-order chi connectivity index (χ1) is 15.7. The fraction of sp³-hybridized carbons (Fsp3) is 0.867. The second kappa shape index (κ2) is 7.20. The summed E-state index contributed by atoms with van der Waals surface area (Å²) in [4.78, 5) is 26.7. The van der Waals surface area contributed by atoms with E-state index in [1.807, 2.05) is 0 Å². The van der Waals surface area contributed by atoms with Crippen LogP contribution < -0.4 is 0 Å². The van der Waals surface area contributed by atoms with Gasteiger partial charge in [-0.2, -0.15) is 0 Å². The SMILES string of the molecule is C[C@H]1[C@H](C)CC[C@]2(C)CC[C@]3(C)C(=CC(=O)[C@@H]4[C@@]5(C)CC[C@H](O)C(C)(C(=O)O)[C@@H]5CC[C@]43C)[C@H]12. The molecule has 5 aliphatic rings. The van der Waals surface area contributed by atoms with E-state index in [9.17, 15) is 19.8 Å². The number of carbonyl (C=O) groups is 2. The van der Waals surface area contributed by atoms with Crippen molar-refractivity contribution < 1.29 is 19.8 Å². The fourth-order valence-corrected chi connectivity index (χ4v) is 10.7. The standard InChI is InChI=1S/C30H46O4/c1-17-8-11-26(3)14-15-28(5)19(23(26)18(17)2)16-20(31)24-27(4)12-10-22(32)30(7,25(33)34)21(27)9-13-29(24,28)6/h16-18,21-24,32H,8-15H2,1-7H3,(H,33,34)/t17-,18+,21-,22+,23+,24-,26-,27+,28-,29-,30?/m1/s1. The minimum absolute atomic E-state index is 0.0370. The highest BCUT2D eigenvalue weighted by molar-refractivity contribution is 5.96. The lowest BCUT2D eigenvalue weighted by atomic mass is 9.33. The molecule has 34 heavy (non-hydrogen) atoms. The summed E-state index contributed by atoms with van der Waals surface area (Å²) in [6.45, 7) is 16.0. The lowest BCUT2D eigenvalue weighted by Gasteiger charge is -2.70. The van der Waals surface area contributed by atoms with Gasteiger partial charge in [-0.3, -0.25) is 9.59 Å². The highest BCUT2D eigenvalue weighted by atomic mass is 16.4. The van der Waals surface area contributed by atoms with E-state index in [-0.39, 0.29) is 33.9 Å². The molecule has 2 N–H and O–H groups in total. The van der Waals surface area contributed by atoms with Crippen molar-refractivity contribution in [3.8, 4) is 0 Å². The lowest BCUT2D eigenvalue weighted by molar-refractivity contribution is -0.215. The Hall–Kier alpha value is -1.16. The van der Waals surface area contributed by atoms with Crippen molar-refractivity contribution in [3.05, 3.63) is 11.6 Å². The van der Waals surface area contributed by atoms with E-state index < -0.39 is 22.9 Å². The Balaban J connectivity index is 1.65. The van der Waals surface area contributed by atoms with Crippen molar-refractivity contribution in [2.24, 2.45) is 56.7 Å². The van der Waals surface area contributed by atoms with Crippen LogP contribution >= 0.6 is 0 Å². The number of aliphatic carboxylic acids is 1. The molecule has 5 aliphatic carbocycles. The number of rotatable bonds is 1. The maximum Gasteiger partial charge on any atom is 0.312 e. The molecule has 0 spiro atoms.